The van der Waals surface area contributed by atoms with Crippen molar-refractivity contribution in [1.29, 1.82) is 0 Å². The molecule has 1 unspecified atom stereocenters. The lowest BCUT2D eigenvalue weighted by atomic mass is 9.84. The molecule has 0 bridgehead atoms. The molecule has 3 aromatic rings. The van der Waals surface area contributed by atoms with Crippen LogP contribution in [0.2, 0.25) is 0 Å². The van der Waals surface area contributed by atoms with Crippen LogP contribution in [0.15, 0.2) is 78.9 Å². The van der Waals surface area contributed by atoms with Gasteiger partial charge in [0.2, 0.25) is 0 Å². The van der Waals surface area contributed by atoms with Crippen LogP contribution in [0.1, 0.15) is 16.7 Å². The second kappa shape index (κ2) is 5.90. The van der Waals surface area contributed by atoms with Crippen molar-refractivity contribution in [3.8, 4) is 0 Å². The maximum atomic E-state index is 14.4. The van der Waals surface area contributed by atoms with Crippen molar-refractivity contribution in [2.24, 2.45) is 0 Å². The quantitative estimate of drug-likeness (QED) is 0.442. The van der Waals surface area contributed by atoms with Crippen LogP contribution in [0.5, 0.6) is 0 Å². The lowest BCUT2D eigenvalue weighted by molar-refractivity contribution is 0.597. The van der Waals surface area contributed by atoms with Gasteiger partial charge in [-0.15, -0.1) is 11.6 Å². The molecule has 0 radical (unpaired) electrons. The van der Waals surface area contributed by atoms with E-state index in [1.165, 1.54) is 18.2 Å². The van der Waals surface area contributed by atoms with Crippen molar-refractivity contribution in [2.75, 3.05) is 0 Å². The van der Waals surface area contributed by atoms with E-state index >= 15 is 0 Å². The minimum atomic E-state index is -1.21. The first-order chi connectivity index (χ1) is 10.6. The zero-order valence-corrected chi connectivity index (χ0v) is 12.4. The molecule has 22 heavy (non-hydrogen) atoms. The van der Waals surface area contributed by atoms with Crippen molar-refractivity contribution in [3.63, 3.8) is 0 Å². The Morgan fingerprint density at radius 3 is 1.82 bits per heavy atom. The van der Waals surface area contributed by atoms with Gasteiger partial charge in [-0.05, 0) is 29.3 Å². The van der Waals surface area contributed by atoms with E-state index in [9.17, 15) is 8.78 Å². The van der Waals surface area contributed by atoms with Crippen LogP contribution < -0.4 is 0 Å². The normalized spacial score (nSPS) is 13.6. The van der Waals surface area contributed by atoms with Crippen LogP contribution in [0.25, 0.3) is 0 Å². The van der Waals surface area contributed by atoms with Crippen LogP contribution in [0, 0.1) is 11.6 Å². The maximum Gasteiger partial charge on any atom is 0.128 e. The van der Waals surface area contributed by atoms with Gasteiger partial charge in [0.1, 0.15) is 16.5 Å². The molecular formula is C19H13ClF2. The largest absolute Gasteiger partial charge is 0.207 e. The molecule has 0 aromatic heterocycles. The lowest BCUT2D eigenvalue weighted by Crippen LogP contribution is -2.23. The van der Waals surface area contributed by atoms with E-state index in [4.69, 9.17) is 11.6 Å². The topological polar surface area (TPSA) is 0 Å². The molecule has 0 N–H and O–H groups in total. The van der Waals surface area contributed by atoms with Gasteiger partial charge in [-0.3, -0.25) is 0 Å². The number of alkyl halides is 1. The Morgan fingerprint density at radius 2 is 1.18 bits per heavy atom. The molecule has 0 saturated carbocycles. The van der Waals surface area contributed by atoms with E-state index < -0.39 is 10.7 Å². The van der Waals surface area contributed by atoms with Gasteiger partial charge >= 0.3 is 0 Å². The summed E-state index contributed by atoms with van der Waals surface area (Å²) >= 11 is 6.91. The molecule has 110 valence electrons. The van der Waals surface area contributed by atoms with Crippen molar-refractivity contribution in [1.82, 2.24) is 0 Å². The average Bonchev–Trinajstić information content (AvgIpc) is 2.56. The van der Waals surface area contributed by atoms with Crippen molar-refractivity contribution in [3.05, 3.63) is 107 Å². The van der Waals surface area contributed by atoms with E-state index in [2.05, 4.69) is 0 Å². The fourth-order valence-electron chi connectivity index (χ4n) is 2.57. The summed E-state index contributed by atoms with van der Waals surface area (Å²) in [7, 11) is 0. The monoisotopic (exact) mass is 314 g/mol. The van der Waals surface area contributed by atoms with E-state index in [0.29, 0.717) is 11.1 Å². The van der Waals surface area contributed by atoms with Gasteiger partial charge in [-0.1, -0.05) is 60.7 Å². The van der Waals surface area contributed by atoms with Gasteiger partial charge < -0.3 is 0 Å². The minimum absolute atomic E-state index is 0.342. The number of halogens is 3. The summed E-state index contributed by atoms with van der Waals surface area (Å²) in [5, 5.41) is 0. The Labute approximate surface area is 133 Å². The van der Waals surface area contributed by atoms with Gasteiger partial charge in [0, 0.05) is 5.56 Å². The molecule has 0 nitrogen and oxygen atoms in total. The Balaban J connectivity index is 2.27. The van der Waals surface area contributed by atoms with E-state index in [1.807, 2.05) is 30.3 Å². The smallest absolute Gasteiger partial charge is 0.128 e. The minimum Gasteiger partial charge on any atom is -0.207 e. The second-order valence-electron chi connectivity index (χ2n) is 5.01. The van der Waals surface area contributed by atoms with Crippen LogP contribution in [0.4, 0.5) is 8.78 Å². The van der Waals surface area contributed by atoms with E-state index in [-0.39, 0.29) is 5.82 Å². The first kappa shape index (κ1) is 14.7. The fourth-order valence-corrected chi connectivity index (χ4v) is 2.97. The molecule has 0 saturated heterocycles. The predicted octanol–water partition coefficient (Wildman–Crippen LogP) is 5.50. The third-order valence-corrected chi connectivity index (χ3v) is 4.30. The number of benzene rings is 3. The fraction of sp³-hybridized carbons (Fsp3) is 0.0526. The van der Waals surface area contributed by atoms with Gasteiger partial charge in [0.25, 0.3) is 0 Å². The third-order valence-electron chi connectivity index (χ3n) is 3.66. The van der Waals surface area contributed by atoms with Gasteiger partial charge in [0.05, 0.1) is 0 Å². The Morgan fingerprint density at radius 1 is 0.636 bits per heavy atom. The third kappa shape index (κ3) is 2.51. The highest BCUT2D eigenvalue weighted by Crippen LogP contribution is 2.43. The lowest BCUT2D eigenvalue weighted by Gasteiger charge is -2.29. The van der Waals surface area contributed by atoms with Gasteiger partial charge in [-0.2, -0.15) is 0 Å². The zero-order chi connectivity index (χ0) is 15.6. The molecule has 3 aromatic carbocycles. The van der Waals surface area contributed by atoms with Gasteiger partial charge in [0.15, 0.2) is 0 Å². The number of hydrogen-bond acceptors (Lipinski definition) is 0. The molecule has 0 heterocycles. The molecule has 0 aliphatic heterocycles. The Kier molecular flexibility index (Phi) is 3.95. The van der Waals surface area contributed by atoms with Crippen LogP contribution in [0.3, 0.4) is 0 Å². The van der Waals surface area contributed by atoms with E-state index in [1.54, 1.807) is 30.3 Å². The molecule has 0 amide bonds. The summed E-state index contributed by atoms with van der Waals surface area (Å²) in [5.41, 5.74) is 1.69. The van der Waals surface area contributed by atoms with Crippen molar-refractivity contribution >= 4 is 11.6 Å². The van der Waals surface area contributed by atoms with Crippen LogP contribution >= 0.6 is 11.6 Å². The number of rotatable bonds is 3. The predicted molar refractivity (Wildman–Crippen MR) is 85.0 cm³/mol. The molecule has 0 aliphatic rings. The Hall–Kier alpha value is -2.19. The van der Waals surface area contributed by atoms with Gasteiger partial charge in [-0.25, -0.2) is 8.78 Å². The first-order valence-corrected chi connectivity index (χ1v) is 7.25. The molecular weight excluding hydrogens is 302 g/mol. The average molecular weight is 315 g/mol. The Bertz CT molecular complexity index is 769. The van der Waals surface area contributed by atoms with Crippen LogP contribution in [-0.4, -0.2) is 0 Å². The summed E-state index contributed by atoms with van der Waals surface area (Å²) < 4.78 is 27.6. The van der Waals surface area contributed by atoms with Crippen molar-refractivity contribution in [2.45, 2.75) is 4.87 Å². The highest BCUT2D eigenvalue weighted by Gasteiger charge is 2.36. The molecule has 0 fully saturated rings. The standard InChI is InChI=1S/C19H13ClF2/c20-19(14-6-2-1-3-7-14,15-10-12-16(21)13-11-15)17-8-4-5-9-18(17)22/h1-13H. The summed E-state index contributed by atoms with van der Waals surface area (Å²) in [4.78, 5) is -1.21. The highest BCUT2D eigenvalue weighted by atomic mass is 35.5. The second-order valence-corrected chi connectivity index (χ2v) is 5.58. The molecule has 0 spiro atoms. The molecule has 1 atom stereocenters. The highest BCUT2D eigenvalue weighted by molar-refractivity contribution is 6.28. The summed E-state index contributed by atoms with van der Waals surface area (Å²) in [6.07, 6.45) is 0. The molecule has 3 rings (SSSR count). The molecule has 0 aliphatic carbocycles. The zero-order valence-electron chi connectivity index (χ0n) is 11.6. The van der Waals surface area contributed by atoms with E-state index in [0.717, 1.165) is 5.56 Å². The van der Waals surface area contributed by atoms with Crippen LogP contribution in [-0.2, 0) is 4.87 Å². The van der Waals surface area contributed by atoms with Crippen molar-refractivity contribution < 1.29 is 8.78 Å². The molecule has 3 heteroatoms. The summed E-state index contributed by atoms with van der Waals surface area (Å²) in [5.74, 6) is -0.755. The SMILES string of the molecule is Fc1ccc(C(Cl)(c2ccccc2)c2ccccc2F)cc1. The number of hydrogen-bond donors (Lipinski definition) is 0. The summed E-state index contributed by atoms with van der Waals surface area (Å²) in [6.45, 7) is 0. The summed E-state index contributed by atoms with van der Waals surface area (Å²) in [6, 6.07) is 21.4. The first-order valence-electron chi connectivity index (χ1n) is 6.88. The maximum absolute atomic E-state index is 14.4.